The Morgan fingerprint density at radius 1 is 1.13 bits per heavy atom. The van der Waals surface area contributed by atoms with E-state index >= 15 is 0 Å². The van der Waals surface area contributed by atoms with Crippen LogP contribution in [-0.2, 0) is 21.6 Å². The lowest BCUT2D eigenvalue weighted by Gasteiger charge is -2.36. The van der Waals surface area contributed by atoms with Gasteiger partial charge in [-0.2, -0.15) is 0 Å². The first kappa shape index (κ1) is 21.3. The molecule has 1 fully saturated rings. The van der Waals surface area contributed by atoms with Crippen molar-refractivity contribution in [2.24, 2.45) is 0 Å². The summed E-state index contributed by atoms with van der Waals surface area (Å²) in [6.45, 7) is 2.20. The number of quaternary nitrogens is 1. The summed E-state index contributed by atoms with van der Waals surface area (Å²) in [6, 6.07) is 20.0. The molecule has 0 bridgehead atoms. The van der Waals surface area contributed by atoms with Crippen LogP contribution in [0.1, 0.15) is 29.7 Å². The van der Waals surface area contributed by atoms with Gasteiger partial charge >= 0.3 is 5.97 Å². The number of hydrogen-bond acceptors (Lipinski definition) is 5. The van der Waals surface area contributed by atoms with Crippen LogP contribution in [0.15, 0.2) is 77.5 Å². The first-order valence-electron chi connectivity index (χ1n) is 10.8. The molecule has 0 saturated carbocycles. The molecule has 2 heterocycles. The predicted molar refractivity (Wildman–Crippen MR) is 116 cm³/mol. The maximum Gasteiger partial charge on any atom is 0.347 e. The molecule has 31 heavy (non-hydrogen) atoms. The van der Waals surface area contributed by atoms with Gasteiger partial charge in [0, 0.05) is 25.3 Å². The molecular formula is C25H29N2O4+. The van der Waals surface area contributed by atoms with Crippen LogP contribution < -0.4 is 0 Å². The van der Waals surface area contributed by atoms with Crippen LogP contribution in [0.5, 0.6) is 0 Å². The third kappa shape index (κ3) is 4.40. The first-order valence-corrected chi connectivity index (χ1v) is 10.8. The fraction of sp³-hybridized carbons (Fsp3) is 0.360. The van der Waals surface area contributed by atoms with Gasteiger partial charge in [0.25, 0.3) is 0 Å². The van der Waals surface area contributed by atoms with Crippen molar-refractivity contribution in [1.82, 2.24) is 5.16 Å². The van der Waals surface area contributed by atoms with Gasteiger partial charge in [-0.1, -0.05) is 65.8 Å². The Morgan fingerprint density at radius 2 is 1.77 bits per heavy atom. The van der Waals surface area contributed by atoms with E-state index in [0.29, 0.717) is 11.1 Å². The van der Waals surface area contributed by atoms with Gasteiger partial charge in [0.15, 0.2) is 0 Å². The fourth-order valence-corrected chi connectivity index (χ4v) is 4.51. The number of carbonyl (C=O) groups excluding carboxylic acids is 1. The number of aromatic nitrogens is 1. The Kier molecular flexibility index (Phi) is 6.20. The summed E-state index contributed by atoms with van der Waals surface area (Å²) < 4.78 is 11.5. The molecule has 6 nitrogen and oxygen atoms in total. The Morgan fingerprint density at radius 3 is 2.35 bits per heavy atom. The number of likely N-dealkylation sites (N-methyl/N-ethyl adjacent to an activating group) is 1. The lowest BCUT2D eigenvalue weighted by atomic mass is 9.86. The molecule has 162 valence electrons. The number of ether oxygens (including phenoxy) is 1. The number of aliphatic hydroxyl groups is 1. The summed E-state index contributed by atoms with van der Waals surface area (Å²) in [4.78, 5) is 13.3. The van der Waals surface area contributed by atoms with Gasteiger partial charge in [-0.15, -0.1) is 0 Å². The molecule has 4 rings (SSSR count). The average Bonchev–Trinajstić information content (AvgIpc) is 3.46. The zero-order valence-corrected chi connectivity index (χ0v) is 17.8. The molecule has 1 N–H and O–H groups in total. The molecule has 1 aromatic heterocycles. The number of esters is 1. The van der Waals surface area contributed by atoms with Gasteiger partial charge in [-0.3, -0.25) is 0 Å². The van der Waals surface area contributed by atoms with Gasteiger partial charge < -0.3 is 18.8 Å². The molecule has 1 aliphatic heterocycles. The van der Waals surface area contributed by atoms with E-state index in [-0.39, 0.29) is 12.6 Å². The molecule has 1 saturated heterocycles. The van der Waals surface area contributed by atoms with Gasteiger partial charge in [-0.05, 0) is 11.1 Å². The van der Waals surface area contributed by atoms with E-state index in [1.165, 1.54) is 0 Å². The molecule has 0 amide bonds. The maximum atomic E-state index is 13.3. The summed E-state index contributed by atoms with van der Waals surface area (Å²) in [5.74, 6) is -0.639. The van der Waals surface area contributed by atoms with E-state index in [1.54, 1.807) is 30.5 Å². The monoisotopic (exact) mass is 421 g/mol. The SMILES string of the molecule is C[N+]1(CCc2ccon2)CCC[C@@H]1COC(=O)C(O)(c1ccccc1)c1ccccc1. The Balaban J connectivity index is 1.49. The zero-order valence-electron chi connectivity index (χ0n) is 17.8. The average molecular weight is 422 g/mol. The normalized spacial score (nSPS) is 21.2. The first-order chi connectivity index (χ1) is 15.0. The van der Waals surface area contributed by atoms with E-state index in [4.69, 9.17) is 9.26 Å². The number of likely N-dealkylation sites (tertiary alicyclic amines) is 1. The second kappa shape index (κ2) is 9.04. The third-order valence-corrected chi connectivity index (χ3v) is 6.54. The molecule has 0 radical (unpaired) electrons. The standard InChI is InChI=1S/C25H29N2O4/c1-27(17-14-22-15-18-31-26-22)16-8-13-23(27)19-30-24(28)25(29,20-9-4-2-5-10-20)21-11-6-3-7-12-21/h2-7,9-12,15,18,23,29H,8,13-14,16-17,19H2,1H3/q+1/t23-,27?/m1/s1. The predicted octanol–water partition coefficient (Wildman–Crippen LogP) is 3.31. The van der Waals surface area contributed by atoms with Crippen molar-refractivity contribution >= 4 is 5.97 Å². The largest absolute Gasteiger partial charge is 0.457 e. The Hall–Kier alpha value is -2.96. The van der Waals surface area contributed by atoms with Gasteiger partial charge in [0.05, 0.1) is 25.8 Å². The number of carbonyl (C=O) groups is 1. The van der Waals surface area contributed by atoms with Gasteiger partial charge in [0.2, 0.25) is 5.60 Å². The quantitative estimate of drug-likeness (QED) is 0.446. The Labute approximate surface area is 182 Å². The third-order valence-electron chi connectivity index (χ3n) is 6.54. The number of rotatable bonds is 8. The molecule has 2 atom stereocenters. The van der Waals surface area contributed by atoms with E-state index in [9.17, 15) is 9.90 Å². The highest BCUT2D eigenvalue weighted by molar-refractivity contribution is 5.85. The van der Waals surface area contributed by atoms with Crippen LogP contribution in [0.2, 0.25) is 0 Å². The summed E-state index contributed by atoms with van der Waals surface area (Å²) >= 11 is 0. The fourth-order valence-electron chi connectivity index (χ4n) is 4.51. The van der Waals surface area contributed by atoms with Crippen molar-refractivity contribution in [1.29, 1.82) is 0 Å². The molecule has 6 heteroatoms. The molecule has 0 spiro atoms. The molecule has 0 aliphatic carbocycles. The van der Waals surface area contributed by atoms with Crippen molar-refractivity contribution in [3.63, 3.8) is 0 Å². The minimum Gasteiger partial charge on any atom is -0.457 e. The van der Waals surface area contributed by atoms with E-state index in [1.807, 2.05) is 42.5 Å². The van der Waals surface area contributed by atoms with Crippen molar-refractivity contribution < 1.29 is 23.6 Å². The van der Waals surface area contributed by atoms with Crippen LogP contribution in [0, 0.1) is 0 Å². The second-order valence-corrected chi connectivity index (χ2v) is 8.50. The molecule has 3 aromatic rings. The molecular weight excluding hydrogens is 392 g/mol. The summed E-state index contributed by atoms with van der Waals surface area (Å²) in [7, 11) is 2.20. The summed E-state index contributed by atoms with van der Waals surface area (Å²) in [5, 5.41) is 15.6. The van der Waals surface area contributed by atoms with Crippen LogP contribution in [-0.4, -0.2) is 53.5 Å². The van der Waals surface area contributed by atoms with Crippen molar-refractivity contribution in [2.75, 3.05) is 26.7 Å². The summed E-state index contributed by atoms with van der Waals surface area (Å²) in [6.07, 6.45) is 4.47. The zero-order chi connectivity index (χ0) is 21.7. The highest BCUT2D eigenvalue weighted by atomic mass is 16.6. The lowest BCUT2D eigenvalue weighted by molar-refractivity contribution is -0.921. The van der Waals surface area contributed by atoms with Crippen molar-refractivity contribution in [3.05, 3.63) is 89.8 Å². The van der Waals surface area contributed by atoms with Crippen molar-refractivity contribution in [3.8, 4) is 0 Å². The number of nitrogens with zero attached hydrogens (tertiary/aromatic N) is 2. The van der Waals surface area contributed by atoms with Crippen LogP contribution in [0.3, 0.4) is 0 Å². The van der Waals surface area contributed by atoms with Crippen LogP contribution >= 0.6 is 0 Å². The van der Waals surface area contributed by atoms with Gasteiger partial charge in [0.1, 0.15) is 18.9 Å². The van der Waals surface area contributed by atoms with E-state index in [0.717, 1.165) is 42.5 Å². The highest BCUT2D eigenvalue weighted by Gasteiger charge is 2.44. The van der Waals surface area contributed by atoms with E-state index in [2.05, 4.69) is 12.2 Å². The molecule has 1 unspecified atom stereocenters. The topological polar surface area (TPSA) is 72.6 Å². The number of benzene rings is 2. The highest BCUT2D eigenvalue weighted by Crippen LogP contribution is 2.32. The van der Waals surface area contributed by atoms with Crippen LogP contribution in [0.25, 0.3) is 0 Å². The molecule has 1 aliphatic rings. The smallest absolute Gasteiger partial charge is 0.347 e. The second-order valence-electron chi connectivity index (χ2n) is 8.50. The molecule has 2 aromatic carbocycles. The minimum absolute atomic E-state index is 0.187. The Bertz CT molecular complexity index is 936. The minimum atomic E-state index is -1.84. The van der Waals surface area contributed by atoms with Crippen molar-refractivity contribution in [2.45, 2.75) is 30.9 Å². The number of hydrogen-bond donors (Lipinski definition) is 1. The lowest BCUT2D eigenvalue weighted by Crippen LogP contribution is -2.52. The van der Waals surface area contributed by atoms with Gasteiger partial charge in [-0.25, -0.2) is 4.79 Å². The maximum absolute atomic E-state index is 13.3. The van der Waals surface area contributed by atoms with Crippen LogP contribution in [0.4, 0.5) is 0 Å². The summed E-state index contributed by atoms with van der Waals surface area (Å²) in [5.41, 5.74) is 0.0944. The van der Waals surface area contributed by atoms with E-state index < -0.39 is 11.6 Å².